The summed E-state index contributed by atoms with van der Waals surface area (Å²) in [5, 5.41) is 3.46. The Labute approximate surface area is 70.2 Å². The van der Waals surface area contributed by atoms with Crippen molar-refractivity contribution in [2.24, 2.45) is 0 Å². The van der Waals surface area contributed by atoms with E-state index in [2.05, 4.69) is 9.38 Å². The molecular weight excluding hydrogens is 224 g/mol. The second-order valence-electron chi connectivity index (χ2n) is 1.19. The number of halogens is 1. The molecule has 5 nitrogen and oxygen atoms in total. The van der Waals surface area contributed by atoms with E-state index in [1.54, 1.807) is 6.07 Å². The molecular formula is C3H4BrN2O3S-. The predicted molar refractivity (Wildman–Crippen MR) is 38.0 cm³/mol. The molecule has 1 aromatic rings. The Morgan fingerprint density at radius 2 is 2.40 bits per heavy atom. The summed E-state index contributed by atoms with van der Waals surface area (Å²) in [6, 6.07) is 1.55. The molecule has 7 heteroatoms. The third kappa shape index (κ3) is 2.95. The molecule has 0 fully saturated rings. The van der Waals surface area contributed by atoms with Gasteiger partial charge in [0.05, 0.1) is 12.4 Å². The zero-order valence-corrected chi connectivity index (χ0v) is 7.20. The molecule has 0 saturated carbocycles. The van der Waals surface area contributed by atoms with Gasteiger partial charge >= 0.3 is 0 Å². The Balaban J connectivity index is 0.000000810. The lowest BCUT2D eigenvalue weighted by atomic mass is 10.8. The van der Waals surface area contributed by atoms with Crippen LogP contribution in [0.4, 0.5) is 0 Å². The third-order valence-electron chi connectivity index (χ3n) is 0.617. The Morgan fingerprint density at radius 3 is 2.80 bits per heavy atom. The van der Waals surface area contributed by atoms with E-state index in [9.17, 15) is 8.76 Å². The average molecular weight is 228 g/mol. The molecule has 1 aromatic heterocycles. The van der Waals surface area contributed by atoms with Gasteiger partial charge in [-0.05, 0) is 6.07 Å². The summed E-state index contributed by atoms with van der Waals surface area (Å²) in [5.74, 6) is 0. The van der Waals surface area contributed by atoms with E-state index >= 15 is 0 Å². The fourth-order valence-corrected chi connectivity index (χ4v) is 0.574. The highest BCUT2D eigenvalue weighted by atomic mass is 79.9. The molecule has 58 valence electrons. The van der Waals surface area contributed by atoms with Gasteiger partial charge in [0.1, 0.15) is 0 Å². The van der Waals surface area contributed by atoms with Crippen LogP contribution in [0.2, 0.25) is 0 Å². The minimum atomic E-state index is -2.54. The first-order valence-electron chi connectivity index (χ1n) is 2.07. The van der Waals surface area contributed by atoms with Crippen LogP contribution in [0.5, 0.6) is 0 Å². The van der Waals surface area contributed by atoms with E-state index in [1.807, 2.05) is 0 Å². The smallest absolute Gasteiger partial charge is 0.169 e. The summed E-state index contributed by atoms with van der Waals surface area (Å²) >= 11 is -2.54. The standard InChI is InChI=1S/C3H4N2O3S.BrH/c6-9(7)8-5-3-1-2-4-5;/h1-3H,(H,6,7);1H/p-1. The van der Waals surface area contributed by atoms with Gasteiger partial charge in [0.2, 0.25) is 0 Å². The molecule has 0 spiro atoms. The first-order chi connectivity index (χ1) is 4.29. The van der Waals surface area contributed by atoms with Crippen LogP contribution in [0.15, 0.2) is 18.5 Å². The van der Waals surface area contributed by atoms with Gasteiger partial charge in [-0.25, -0.2) is 4.21 Å². The van der Waals surface area contributed by atoms with Crippen molar-refractivity contribution in [3.05, 3.63) is 18.5 Å². The molecule has 0 aliphatic rings. The van der Waals surface area contributed by atoms with E-state index < -0.39 is 11.4 Å². The third-order valence-corrected chi connectivity index (χ3v) is 0.892. The molecule has 0 aliphatic heterocycles. The predicted octanol–water partition coefficient (Wildman–Crippen LogP) is -0.316. The normalized spacial score (nSPS) is 11.7. The van der Waals surface area contributed by atoms with Crippen LogP contribution in [0.3, 0.4) is 0 Å². The summed E-state index contributed by atoms with van der Waals surface area (Å²) in [4.78, 5) is 0.836. The molecule has 0 aliphatic carbocycles. The first kappa shape index (κ1) is 9.60. The molecule has 0 N–H and O–H groups in total. The number of rotatable bonds is 2. The molecule has 1 unspecified atom stereocenters. The van der Waals surface area contributed by atoms with Crippen LogP contribution in [-0.2, 0) is 11.4 Å². The highest BCUT2D eigenvalue weighted by Gasteiger charge is 1.85. The maximum atomic E-state index is 9.78. The maximum absolute atomic E-state index is 9.78. The van der Waals surface area contributed by atoms with Crippen molar-refractivity contribution in [3.8, 4) is 0 Å². The Kier molecular flexibility index (Phi) is 4.24. The highest BCUT2D eigenvalue weighted by molar-refractivity contribution is 8.93. The van der Waals surface area contributed by atoms with E-state index in [-0.39, 0.29) is 17.0 Å². The van der Waals surface area contributed by atoms with Gasteiger partial charge in [0.15, 0.2) is 11.4 Å². The molecule has 10 heavy (non-hydrogen) atoms. The molecule has 0 saturated heterocycles. The van der Waals surface area contributed by atoms with Crippen molar-refractivity contribution in [1.29, 1.82) is 0 Å². The highest BCUT2D eigenvalue weighted by Crippen LogP contribution is 1.79. The molecule has 0 aromatic carbocycles. The molecule has 1 rings (SSSR count). The lowest BCUT2D eigenvalue weighted by Crippen LogP contribution is -2.13. The van der Waals surface area contributed by atoms with Crippen molar-refractivity contribution in [1.82, 2.24) is 9.94 Å². The number of aromatic nitrogens is 2. The van der Waals surface area contributed by atoms with Crippen LogP contribution in [0, 0.1) is 0 Å². The van der Waals surface area contributed by atoms with Crippen molar-refractivity contribution in [2.45, 2.75) is 0 Å². The van der Waals surface area contributed by atoms with Crippen LogP contribution in [0.25, 0.3) is 0 Å². The van der Waals surface area contributed by atoms with Gasteiger partial charge < -0.3 is 8.84 Å². The largest absolute Gasteiger partial charge is 0.738 e. The zero-order valence-electron chi connectivity index (χ0n) is 4.67. The van der Waals surface area contributed by atoms with E-state index in [0.29, 0.717) is 0 Å². The van der Waals surface area contributed by atoms with Crippen LogP contribution < -0.4 is 4.28 Å². The van der Waals surface area contributed by atoms with Crippen LogP contribution >= 0.6 is 17.0 Å². The van der Waals surface area contributed by atoms with E-state index in [1.165, 1.54) is 12.4 Å². The summed E-state index contributed by atoms with van der Waals surface area (Å²) in [6.07, 6.45) is 2.78. The summed E-state index contributed by atoms with van der Waals surface area (Å²) in [6.45, 7) is 0. The van der Waals surface area contributed by atoms with E-state index in [0.717, 1.165) is 4.85 Å². The molecule has 0 amide bonds. The SMILES string of the molecule is Br.O=S([O-])On1cccn1. The average Bonchev–Trinajstić information content (AvgIpc) is 2.15. The summed E-state index contributed by atoms with van der Waals surface area (Å²) in [7, 11) is 0. The van der Waals surface area contributed by atoms with Crippen molar-refractivity contribution in [2.75, 3.05) is 0 Å². The van der Waals surface area contributed by atoms with Gasteiger partial charge in [-0.2, -0.15) is 0 Å². The van der Waals surface area contributed by atoms with Crippen molar-refractivity contribution in [3.63, 3.8) is 0 Å². The minimum Gasteiger partial charge on any atom is -0.738 e. The molecule has 1 heterocycles. The molecule has 0 bridgehead atoms. The van der Waals surface area contributed by atoms with Gasteiger partial charge in [-0.15, -0.1) is 22.1 Å². The second-order valence-corrected chi connectivity index (χ2v) is 1.74. The van der Waals surface area contributed by atoms with Gasteiger partial charge in [-0.1, -0.05) is 4.85 Å². The van der Waals surface area contributed by atoms with Crippen molar-refractivity contribution < 1.29 is 13.0 Å². The Bertz CT molecular complexity index is 202. The maximum Gasteiger partial charge on any atom is 0.169 e. The molecule has 0 radical (unpaired) electrons. The number of hydrogen-bond donors (Lipinski definition) is 0. The number of nitrogens with zero attached hydrogens (tertiary/aromatic N) is 2. The lowest BCUT2D eigenvalue weighted by Gasteiger charge is -2.03. The van der Waals surface area contributed by atoms with Crippen LogP contribution in [0.1, 0.15) is 0 Å². The zero-order chi connectivity index (χ0) is 6.69. The first-order valence-corrected chi connectivity index (χ1v) is 3.07. The Hall–Kier alpha value is -0.400. The van der Waals surface area contributed by atoms with Gasteiger partial charge in [-0.3, -0.25) is 0 Å². The fraction of sp³-hybridized carbons (Fsp3) is 0. The monoisotopic (exact) mass is 227 g/mol. The number of hydrogen-bond acceptors (Lipinski definition) is 4. The summed E-state index contributed by atoms with van der Waals surface area (Å²) < 4.78 is 23.6. The van der Waals surface area contributed by atoms with Crippen LogP contribution in [-0.4, -0.2) is 18.7 Å². The Morgan fingerprint density at radius 1 is 1.70 bits per heavy atom. The molecule has 1 atom stereocenters. The summed E-state index contributed by atoms with van der Waals surface area (Å²) in [5.41, 5.74) is 0. The van der Waals surface area contributed by atoms with Gasteiger partial charge in [0, 0.05) is 0 Å². The minimum absolute atomic E-state index is 0. The van der Waals surface area contributed by atoms with E-state index in [4.69, 9.17) is 0 Å². The second kappa shape index (κ2) is 4.42. The topological polar surface area (TPSA) is 67.2 Å². The van der Waals surface area contributed by atoms with Crippen molar-refractivity contribution >= 4 is 28.3 Å². The van der Waals surface area contributed by atoms with Gasteiger partial charge in [0.25, 0.3) is 0 Å². The quantitative estimate of drug-likeness (QED) is 0.651. The lowest BCUT2D eigenvalue weighted by molar-refractivity contribution is 0.230. The fourth-order valence-electron chi connectivity index (χ4n) is 0.361.